The summed E-state index contributed by atoms with van der Waals surface area (Å²) in [5.74, 6) is -0.721. The number of benzene rings is 2. The van der Waals surface area contributed by atoms with E-state index in [9.17, 15) is 9.59 Å². The summed E-state index contributed by atoms with van der Waals surface area (Å²) in [6.45, 7) is 2.04. The smallest absolute Gasteiger partial charge is 0.338 e. The number of aromatic nitrogens is 2. The topological polar surface area (TPSA) is 73.2 Å². The number of anilines is 1. The van der Waals surface area contributed by atoms with Crippen molar-refractivity contribution in [2.24, 2.45) is 0 Å². The van der Waals surface area contributed by atoms with Crippen molar-refractivity contribution in [1.82, 2.24) is 9.78 Å². The van der Waals surface area contributed by atoms with Crippen LogP contribution >= 0.6 is 0 Å². The number of hydrogen-bond donors (Lipinski definition) is 1. The van der Waals surface area contributed by atoms with Crippen molar-refractivity contribution in [2.75, 3.05) is 11.9 Å². The third-order valence-electron chi connectivity index (χ3n) is 3.69. The number of esters is 1. The van der Waals surface area contributed by atoms with E-state index in [1.807, 2.05) is 36.5 Å². The second-order valence-corrected chi connectivity index (χ2v) is 5.68. The second-order valence-electron chi connectivity index (χ2n) is 5.68. The zero-order valence-electron chi connectivity index (χ0n) is 14.8. The lowest BCUT2D eigenvalue weighted by Gasteiger charge is -2.05. The molecule has 1 amide bonds. The molecular weight excluding hydrogens is 342 g/mol. The van der Waals surface area contributed by atoms with E-state index in [1.165, 1.54) is 6.08 Å². The van der Waals surface area contributed by atoms with Crippen molar-refractivity contribution in [3.8, 4) is 5.69 Å². The van der Waals surface area contributed by atoms with Gasteiger partial charge in [-0.25, -0.2) is 9.48 Å². The molecule has 0 spiro atoms. The monoisotopic (exact) mass is 361 g/mol. The number of amides is 1. The minimum absolute atomic E-state index is 0.300. The SMILES string of the molecule is CCOC(=O)c1cccc(NC(=O)/C=C/c2cnn(-c3ccccc3)c2)c1. The zero-order valence-corrected chi connectivity index (χ0v) is 14.8. The summed E-state index contributed by atoms with van der Waals surface area (Å²) in [5.41, 5.74) is 2.66. The molecule has 0 atom stereocenters. The van der Waals surface area contributed by atoms with Crippen molar-refractivity contribution in [2.45, 2.75) is 6.92 Å². The lowest BCUT2D eigenvalue weighted by atomic mass is 10.2. The fraction of sp³-hybridized carbons (Fsp3) is 0.0952. The number of carbonyl (C=O) groups excluding carboxylic acids is 2. The van der Waals surface area contributed by atoms with E-state index >= 15 is 0 Å². The van der Waals surface area contributed by atoms with Gasteiger partial charge in [0, 0.05) is 23.5 Å². The van der Waals surface area contributed by atoms with Gasteiger partial charge in [0.15, 0.2) is 0 Å². The van der Waals surface area contributed by atoms with Crippen molar-refractivity contribution < 1.29 is 14.3 Å². The average molecular weight is 361 g/mol. The minimum Gasteiger partial charge on any atom is -0.462 e. The molecule has 1 N–H and O–H groups in total. The molecule has 1 heterocycles. The Hall–Kier alpha value is -3.67. The molecule has 0 saturated heterocycles. The van der Waals surface area contributed by atoms with Crippen LogP contribution in [-0.2, 0) is 9.53 Å². The highest BCUT2D eigenvalue weighted by molar-refractivity contribution is 6.02. The Labute approximate surface area is 157 Å². The number of nitrogens with one attached hydrogen (secondary N) is 1. The van der Waals surface area contributed by atoms with E-state index in [4.69, 9.17) is 4.74 Å². The van der Waals surface area contributed by atoms with Crippen LogP contribution in [0.4, 0.5) is 5.69 Å². The van der Waals surface area contributed by atoms with E-state index in [0.717, 1.165) is 11.3 Å². The quantitative estimate of drug-likeness (QED) is 0.537. The van der Waals surface area contributed by atoms with Gasteiger partial charge in [0.25, 0.3) is 0 Å². The standard InChI is InChI=1S/C21H19N3O3/c1-2-27-21(26)17-7-6-8-18(13-17)23-20(25)12-11-16-14-22-24(15-16)19-9-4-3-5-10-19/h3-15H,2H2,1H3,(H,23,25)/b12-11+. The fourth-order valence-electron chi connectivity index (χ4n) is 2.44. The Kier molecular flexibility index (Phi) is 5.79. The molecule has 27 heavy (non-hydrogen) atoms. The summed E-state index contributed by atoms with van der Waals surface area (Å²) in [6.07, 6.45) is 6.61. The maximum absolute atomic E-state index is 12.1. The van der Waals surface area contributed by atoms with Gasteiger partial charge in [-0.1, -0.05) is 24.3 Å². The molecule has 0 saturated carbocycles. The lowest BCUT2D eigenvalue weighted by Crippen LogP contribution is -2.09. The largest absolute Gasteiger partial charge is 0.462 e. The van der Waals surface area contributed by atoms with Gasteiger partial charge < -0.3 is 10.1 Å². The number of ether oxygens (including phenoxy) is 1. The summed E-state index contributed by atoms with van der Waals surface area (Å²) < 4.78 is 6.69. The Morgan fingerprint density at radius 2 is 1.96 bits per heavy atom. The molecule has 0 aliphatic heterocycles. The summed E-state index contributed by atoms with van der Waals surface area (Å²) in [6, 6.07) is 16.3. The molecule has 1 aromatic heterocycles. The van der Waals surface area contributed by atoms with Crippen molar-refractivity contribution >= 4 is 23.6 Å². The number of nitrogens with zero attached hydrogens (tertiary/aromatic N) is 2. The van der Waals surface area contributed by atoms with Crippen LogP contribution in [0.1, 0.15) is 22.8 Å². The lowest BCUT2D eigenvalue weighted by molar-refractivity contribution is -0.111. The van der Waals surface area contributed by atoms with Gasteiger partial charge in [-0.2, -0.15) is 5.10 Å². The first-order valence-electron chi connectivity index (χ1n) is 8.52. The zero-order chi connectivity index (χ0) is 19.1. The number of para-hydroxylation sites is 1. The van der Waals surface area contributed by atoms with Crippen LogP contribution in [0.2, 0.25) is 0 Å². The first-order chi connectivity index (χ1) is 13.2. The maximum Gasteiger partial charge on any atom is 0.338 e. The van der Waals surface area contributed by atoms with Gasteiger partial charge in [-0.15, -0.1) is 0 Å². The van der Waals surface area contributed by atoms with E-state index in [2.05, 4.69) is 10.4 Å². The van der Waals surface area contributed by atoms with Gasteiger partial charge in [0.05, 0.1) is 24.1 Å². The molecule has 6 heteroatoms. The summed E-state index contributed by atoms with van der Waals surface area (Å²) in [7, 11) is 0. The summed E-state index contributed by atoms with van der Waals surface area (Å²) in [5, 5.41) is 7.01. The maximum atomic E-state index is 12.1. The minimum atomic E-state index is -0.419. The molecule has 0 aliphatic carbocycles. The molecule has 0 radical (unpaired) electrons. The fourth-order valence-corrected chi connectivity index (χ4v) is 2.44. The van der Waals surface area contributed by atoms with Crippen molar-refractivity contribution in [3.63, 3.8) is 0 Å². The molecule has 136 valence electrons. The first-order valence-corrected chi connectivity index (χ1v) is 8.52. The Balaban J connectivity index is 1.63. The van der Waals surface area contributed by atoms with Gasteiger partial charge in [-0.05, 0) is 43.3 Å². The van der Waals surface area contributed by atoms with E-state index in [0.29, 0.717) is 17.9 Å². The average Bonchev–Trinajstić information content (AvgIpc) is 3.17. The van der Waals surface area contributed by atoms with E-state index < -0.39 is 5.97 Å². The van der Waals surface area contributed by atoms with Gasteiger partial charge in [0.2, 0.25) is 5.91 Å². The highest BCUT2D eigenvalue weighted by atomic mass is 16.5. The molecular formula is C21H19N3O3. The van der Waals surface area contributed by atoms with Crippen molar-refractivity contribution in [3.05, 3.63) is 84.2 Å². The molecule has 0 unspecified atom stereocenters. The summed E-state index contributed by atoms with van der Waals surface area (Å²) >= 11 is 0. The van der Waals surface area contributed by atoms with Crippen LogP contribution in [0.15, 0.2) is 73.1 Å². The van der Waals surface area contributed by atoms with Gasteiger partial charge >= 0.3 is 5.97 Å². The Bertz CT molecular complexity index is 962. The second kappa shape index (κ2) is 8.62. The number of hydrogen-bond acceptors (Lipinski definition) is 4. The number of rotatable bonds is 6. The van der Waals surface area contributed by atoms with Crippen LogP contribution < -0.4 is 5.32 Å². The highest BCUT2D eigenvalue weighted by Gasteiger charge is 2.07. The third kappa shape index (κ3) is 4.92. The summed E-state index contributed by atoms with van der Waals surface area (Å²) in [4.78, 5) is 23.9. The highest BCUT2D eigenvalue weighted by Crippen LogP contribution is 2.13. The number of carbonyl (C=O) groups is 2. The molecule has 2 aromatic carbocycles. The van der Waals surface area contributed by atoms with Crippen LogP contribution in [0.3, 0.4) is 0 Å². The van der Waals surface area contributed by atoms with Crippen LogP contribution in [0.5, 0.6) is 0 Å². The first kappa shape index (κ1) is 18.1. The normalized spacial score (nSPS) is 10.7. The van der Waals surface area contributed by atoms with Crippen molar-refractivity contribution in [1.29, 1.82) is 0 Å². The van der Waals surface area contributed by atoms with Crippen LogP contribution in [0.25, 0.3) is 11.8 Å². The third-order valence-corrected chi connectivity index (χ3v) is 3.69. The van der Waals surface area contributed by atoms with Gasteiger partial charge in [-0.3, -0.25) is 4.79 Å². The van der Waals surface area contributed by atoms with E-state index in [-0.39, 0.29) is 5.91 Å². The molecule has 3 rings (SSSR count). The van der Waals surface area contributed by atoms with Crippen LogP contribution in [-0.4, -0.2) is 28.3 Å². The Morgan fingerprint density at radius 3 is 2.74 bits per heavy atom. The van der Waals surface area contributed by atoms with Gasteiger partial charge in [0.1, 0.15) is 0 Å². The predicted molar refractivity (Wildman–Crippen MR) is 104 cm³/mol. The molecule has 0 bridgehead atoms. The molecule has 3 aromatic rings. The molecule has 0 aliphatic rings. The predicted octanol–water partition coefficient (Wildman–Crippen LogP) is 3.70. The Morgan fingerprint density at radius 1 is 1.15 bits per heavy atom. The van der Waals surface area contributed by atoms with Crippen LogP contribution in [0, 0.1) is 0 Å². The molecule has 6 nitrogen and oxygen atoms in total. The molecule has 0 fully saturated rings. The van der Waals surface area contributed by atoms with E-state index in [1.54, 1.807) is 48.1 Å².